The van der Waals surface area contributed by atoms with Crippen LogP contribution in [-0.2, 0) is 25.0 Å². The summed E-state index contributed by atoms with van der Waals surface area (Å²) in [4.78, 5) is 12.5. The van der Waals surface area contributed by atoms with E-state index in [2.05, 4.69) is 14.8 Å². The van der Waals surface area contributed by atoms with Gasteiger partial charge in [0.05, 0.1) is 24.8 Å². The molecule has 3 N–H and O–H groups in total. The molecule has 0 bridgehead atoms. The minimum absolute atomic E-state index is 0.0162. The number of amides is 1. The first-order valence-electron chi connectivity index (χ1n) is 11.4. The number of methoxy groups -OCH3 is 1. The number of carbonyl (C=O) groups is 1. The van der Waals surface area contributed by atoms with Gasteiger partial charge in [-0.1, -0.05) is 19.9 Å². The summed E-state index contributed by atoms with van der Waals surface area (Å²) >= 11 is 0. The molecule has 2 aromatic rings. The number of amidine groups is 1. The maximum Gasteiger partial charge on any atom is 0.707 e. The third-order valence-electron chi connectivity index (χ3n) is 6.47. The molecule has 0 saturated carbocycles. The van der Waals surface area contributed by atoms with Crippen molar-refractivity contribution in [3.8, 4) is 5.75 Å². The normalized spacial score (nSPS) is 16.9. The molecule has 36 heavy (non-hydrogen) atoms. The van der Waals surface area contributed by atoms with Gasteiger partial charge in [-0.2, -0.15) is 13.5 Å². The van der Waals surface area contributed by atoms with E-state index in [1.54, 1.807) is 6.21 Å². The van der Waals surface area contributed by atoms with Gasteiger partial charge in [-0.3, -0.25) is 4.79 Å². The monoisotopic (exact) mass is 514 g/mol. The van der Waals surface area contributed by atoms with Gasteiger partial charge in [-0.25, -0.2) is 5.01 Å². The number of hydrazone groups is 1. The number of nitrogens with one attached hydrogen (secondary N) is 1. The summed E-state index contributed by atoms with van der Waals surface area (Å²) in [6.07, 6.45) is 2.91. The average molecular weight is 514 g/mol. The second kappa shape index (κ2) is 10.0. The van der Waals surface area contributed by atoms with Crippen molar-refractivity contribution >= 4 is 41.0 Å². The van der Waals surface area contributed by atoms with Crippen LogP contribution >= 0.6 is 0 Å². The van der Waals surface area contributed by atoms with E-state index in [1.165, 1.54) is 30.3 Å². The fourth-order valence-electron chi connectivity index (χ4n) is 4.49. The standard InChI is InChI=1S/C23H27BN4O7S/c1-4-23(5-2)18-12-15(6-9-19(18)26-22(23)29)14-25-28(10-11-34-3)21-17-8-7-16(35-24(30)31)13-20(17)36(32,33)27-21/h6-9,12-14,30-31H,4-5,10-11H2,1-3H3,(H,26,29)/b25-14+. The van der Waals surface area contributed by atoms with Gasteiger partial charge in [0.25, 0.3) is 10.0 Å². The van der Waals surface area contributed by atoms with Crippen LogP contribution < -0.4 is 9.97 Å². The molecule has 0 aromatic heterocycles. The number of anilines is 1. The maximum absolute atomic E-state index is 12.7. The molecule has 0 atom stereocenters. The third kappa shape index (κ3) is 4.62. The van der Waals surface area contributed by atoms with E-state index in [4.69, 9.17) is 19.4 Å². The number of sulfonamides is 1. The van der Waals surface area contributed by atoms with Crippen molar-refractivity contribution in [1.82, 2.24) is 5.01 Å². The van der Waals surface area contributed by atoms with E-state index >= 15 is 0 Å². The van der Waals surface area contributed by atoms with E-state index < -0.39 is 22.8 Å². The smallest absolute Gasteiger partial charge is 0.512 e. The van der Waals surface area contributed by atoms with Gasteiger partial charge in [0.1, 0.15) is 10.6 Å². The van der Waals surface area contributed by atoms with Crippen LogP contribution in [0.25, 0.3) is 0 Å². The highest BCUT2D eigenvalue weighted by molar-refractivity contribution is 7.90. The minimum atomic E-state index is -4.06. The predicted molar refractivity (Wildman–Crippen MR) is 134 cm³/mol. The summed E-state index contributed by atoms with van der Waals surface area (Å²) in [5.41, 5.74) is 2.13. The number of benzene rings is 2. The van der Waals surface area contributed by atoms with Gasteiger partial charge in [0, 0.05) is 18.4 Å². The molecule has 0 radical (unpaired) electrons. The molecule has 2 heterocycles. The van der Waals surface area contributed by atoms with Crippen LogP contribution in [-0.4, -0.2) is 69.0 Å². The Balaban J connectivity index is 1.69. The molecule has 0 aliphatic carbocycles. The lowest BCUT2D eigenvalue weighted by molar-refractivity contribution is -0.121. The Morgan fingerprint density at radius 1 is 1.19 bits per heavy atom. The molecule has 4 rings (SSSR count). The summed E-state index contributed by atoms with van der Waals surface area (Å²) < 4.78 is 39.3. The largest absolute Gasteiger partial charge is 0.707 e. The van der Waals surface area contributed by atoms with Gasteiger partial charge in [0.2, 0.25) is 5.91 Å². The Morgan fingerprint density at radius 2 is 1.94 bits per heavy atom. The number of hydrogen-bond acceptors (Lipinski definition) is 9. The molecule has 190 valence electrons. The first-order valence-corrected chi connectivity index (χ1v) is 12.9. The molecule has 2 aromatic carbocycles. The molecule has 13 heteroatoms. The zero-order valence-electron chi connectivity index (χ0n) is 20.1. The van der Waals surface area contributed by atoms with Crippen LogP contribution in [0, 0.1) is 0 Å². The first-order chi connectivity index (χ1) is 17.1. The van der Waals surface area contributed by atoms with Gasteiger partial charge in [0.15, 0.2) is 5.84 Å². The predicted octanol–water partition coefficient (Wildman–Crippen LogP) is 1.48. The van der Waals surface area contributed by atoms with E-state index in [0.717, 1.165) is 16.8 Å². The van der Waals surface area contributed by atoms with E-state index in [1.807, 2.05) is 32.0 Å². The topological polar surface area (TPSA) is 150 Å². The highest BCUT2D eigenvalue weighted by Gasteiger charge is 2.43. The minimum Gasteiger partial charge on any atom is -0.512 e. The molecular formula is C23H27BN4O7S. The van der Waals surface area contributed by atoms with Crippen LogP contribution in [0.2, 0.25) is 0 Å². The van der Waals surface area contributed by atoms with Crippen molar-refractivity contribution < 1.29 is 32.7 Å². The van der Waals surface area contributed by atoms with Crippen molar-refractivity contribution in [2.24, 2.45) is 9.50 Å². The van der Waals surface area contributed by atoms with E-state index in [0.29, 0.717) is 18.4 Å². The second-order valence-corrected chi connectivity index (χ2v) is 9.97. The van der Waals surface area contributed by atoms with Gasteiger partial charge < -0.3 is 24.8 Å². The van der Waals surface area contributed by atoms with Crippen molar-refractivity contribution in [3.63, 3.8) is 0 Å². The number of fused-ring (bicyclic) bond motifs is 2. The fraction of sp³-hybridized carbons (Fsp3) is 0.348. The summed E-state index contributed by atoms with van der Waals surface area (Å²) in [6, 6.07) is 9.64. The average Bonchev–Trinajstić information content (AvgIpc) is 3.28. The Labute approximate surface area is 209 Å². The summed E-state index contributed by atoms with van der Waals surface area (Å²) in [5, 5.41) is 26.9. The van der Waals surface area contributed by atoms with Crippen LogP contribution in [0.4, 0.5) is 5.69 Å². The third-order valence-corrected chi connectivity index (χ3v) is 7.77. The lowest BCUT2D eigenvalue weighted by atomic mass is 9.76. The first kappa shape index (κ1) is 25.8. The van der Waals surface area contributed by atoms with E-state index in [-0.39, 0.29) is 35.5 Å². The molecule has 0 saturated heterocycles. The molecule has 1 amide bonds. The number of ether oxygens (including phenoxy) is 1. The molecule has 2 aliphatic rings. The molecule has 11 nitrogen and oxygen atoms in total. The lowest BCUT2D eigenvalue weighted by Crippen LogP contribution is -2.32. The van der Waals surface area contributed by atoms with E-state index in [9.17, 15) is 13.2 Å². The van der Waals surface area contributed by atoms with Crippen molar-refractivity contribution in [1.29, 1.82) is 0 Å². The van der Waals surface area contributed by atoms with Crippen molar-refractivity contribution in [2.45, 2.75) is 37.0 Å². The number of nitrogens with zero attached hydrogens (tertiary/aromatic N) is 3. The Kier molecular flexibility index (Phi) is 7.18. The maximum atomic E-state index is 12.7. The number of carbonyl (C=O) groups excluding carboxylic acids is 1. The highest BCUT2D eigenvalue weighted by Crippen LogP contribution is 2.43. The van der Waals surface area contributed by atoms with Gasteiger partial charge in [-0.05, 0) is 54.3 Å². The number of hydrogen-bond donors (Lipinski definition) is 3. The number of rotatable bonds is 9. The molecule has 0 unspecified atom stereocenters. The van der Waals surface area contributed by atoms with Crippen molar-refractivity contribution in [2.75, 3.05) is 25.6 Å². The van der Waals surface area contributed by atoms with Crippen LogP contribution in [0.5, 0.6) is 5.75 Å². The van der Waals surface area contributed by atoms with Gasteiger partial charge in [-0.15, -0.1) is 4.40 Å². The fourth-order valence-corrected chi connectivity index (χ4v) is 5.71. The summed E-state index contributed by atoms with van der Waals surface area (Å²) in [5.74, 6) is 0.0497. The Morgan fingerprint density at radius 3 is 2.61 bits per heavy atom. The Bertz CT molecular complexity index is 1340. The van der Waals surface area contributed by atoms with Gasteiger partial charge >= 0.3 is 7.32 Å². The Hall–Kier alpha value is -3.26. The van der Waals surface area contributed by atoms with Crippen molar-refractivity contribution in [3.05, 3.63) is 53.1 Å². The quantitative estimate of drug-likeness (QED) is 0.259. The SMILES string of the molecule is CCC1(CC)C(=O)Nc2ccc(/C=N/N(CCOC)C3=NS(=O)(=O)c4cc(OB(O)O)ccc43)cc21. The molecule has 0 spiro atoms. The molecule has 0 fully saturated rings. The zero-order valence-corrected chi connectivity index (χ0v) is 20.9. The molecule has 2 aliphatic heterocycles. The second-order valence-electron chi connectivity index (χ2n) is 8.40. The summed E-state index contributed by atoms with van der Waals surface area (Å²) in [6.45, 7) is 4.44. The van der Waals surface area contributed by atoms with Crippen LogP contribution in [0.15, 0.2) is 50.8 Å². The highest BCUT2D eigenvalue weighted by atomic mass is 32.2. The summed E-state index contributed by atoms with van der Waals surface area (Å²) in [7, 11) is -4.63. The molecular weight excluding hydrogens is 487 g/mol. The zero-order chi connectivity index (χ0) is 26.1. The van der Waals surface area contributed by atoms with Crippen LogP contribution in [0.1, 0.15) is 43.4 Å². The lowest BCUT2D eigenvalue weighted by Gasteiger charge is -2.24. The van der Waals surface area contributed by atoms with Crippen LogP contribution in [0.3, 0.4) is 0 Å².